The largest absolute Gasteiger partial charge is 0.383 e. The zero-order chi connectivity index (χ0) is 13.4. The molecule has 1 N–H and O–H groups in total. The number of hydrogen-bond acceptors (Lipinski definition) is 3. The average Bonchev–Trinajstić information content (AvgIpc) is 2.38. The van der Waals surface area contributed by atoms with Gasteiger partial charge in [0.05, 0.1) is 13.2 Å². The first kappa shape index (κ1) is 15.6. The highest BCUT2D eigenvalue weighted by Crippen LogP contribution is 2.24. The van der Waals surface area contributed by atoms with Gasteiger partial charge in [0.2, 0.25) is 0 Å². The van der Waals surface area contributed by atoms with E-state index in [0.717, 1.165) is 38.1 Å². The summed E-state index contributed by atoms with van der Waals surface area (Å²) in [4.78, 5) is 7.01. The zero-order valence-electron chi connectivity index (χ0n) is 12.1. The quantitative estimate of drug-likeness (QED) is 0.470. The van der Waals surface area contributed by atoms with Crippen molar-refractivity contribution in [2.45, 2.75) is 26.0 Å². The number of aliphatic imine (C=N–C) groups is 1. The predicted octanol–water partition coefficient (Wildman–Crippen LogP) is 1.67. The van der Waals surface area contributed by atoms with Crippen LogP contribution in [0.4, 0.5) is 0 Å². The Hall–Kier alpha value is -0.420. The second-order valence-corrected chi connectivity index (χ2v) is 6.17. The third-order valence-electron chi connectivity index (χ3n) is 3.03. The second-order valence-electron chi connectivity index (χ2n) is 4.83. The number of thioether (sulfide) groups is 1. The number of nitrogens with one attached hydrogen (secondary N) is 1. The van der Waals surface area contributed by atoms with Crippen LogP contribution in [0.2, 0.25) is 0 Å². The van der Waals surface area contributed by atoms with Crippen molar-refractivity contribution in [3.05, 3.63) is 0 Å². The Kier molecular flexibility index (Phi) is 7.51. The van der Waals surface area contributed by atoms with Gasteiger partial charge in [-0.3, -0.25) is 4.99 Å². The van der Waals surface area contributed by atoms with E-state index < -0.39 is 0 Å². The summed E-state index contributed by atoms with van der Waals surface area (Å²) >= 11 is 2.09. The van der Waals surface area contributed by atoms with Crippen molar-refractivity contribution in [1.82, 2.24) is 10.2 Å². The van der Waals surface area contributed by atoms with Crippen LogP contribution < -0.4 is 5.32 Å². The first-order valence-corrected chi connectivity index (χ1v) is 7.87. The summed E-state index contributed by atoms with van der Waals surface area (Å²) in [7, 11) is 1.72. The summed E-state index contributed by atoms with van der Waals surface area (Å²) in [5.41, 5.74) is 0. The molecule has 1 unspecified atom stereocenters. The summed E-state index contributed by atoms with van der Waals surface area (Å²) in [5, 5.41) is 4.09. The van der Waals surface area contributed by atoms with E-state index in [1.807, 2.05) is 0 Å². The van der Waals surface area contributed by atoms with Gasteiger partial charge in [-0.15, -0.1) is 0 Å². The van der Waals surface area contributed by atoms with Gasteiger partial charge in [-0.25, -0.2) is 0 Å². The second kappa shape index (κ2) is 8.64. The first-order valence-electron chi connectivity index (χ1n) is 6.82. The molecule has 0 aliphatic carbocycles. The number of guanidine groups is 1. The Labute approximate surface area is 116 Å². The molecule has 0 aromatic rings. The van der Waals surface area contributed by atoms with Crippen molar-refractivity contribution in [3.8, 4) is 0 Å². The van der Waals surface area contributed by atoms with Gasteiger partial charge in [-0.2, -0.15) is 11.8 Å². The molecule has 0 aromatic carbocycles. The fourth-order valence-corrected chi connectivity index (χ4v) is 3.24. The van der Waals surface area contributed by atoms with Gasteiger partial charge in [0.25, 0.3) is 0 Å². The SMILES string of the molecule is CCNC(=NCCOC)N1CCSC(C(C)C)C1. The molecule has 0 radical (unpaired) electrons. The van der Waals surface area contributed by atoms with Crippen LogP contribution in [0.5, 0.6) is 0 Å². The van der Waals surface area contributed by atoms with Crippen molar-refractivity contribution >= 4 is 17.7 Å². The van der Waals surface area contributed by atoms with E-state index in [9.17, 15) is 0 Å². The maximum Gasteiger partial charge on any atom is 0.194 e. The topological polar surface area (TPSA) is 36.9 Å². The first-order chi connectivity index (χ1) is 8.69. The molecule has 0 aromatic heterocycles. The van der Waals surface area contributed by atoms with Crippen molar-refractivity contribution in [3.63, 3.8) is 0 Å². The van der Waals surface area contributed by atoms with Crippen LogP contribution in [0.1, 0.15) is 20.8 Å². The van der Waals surface area contributed by atoms with Crippen molar-refractivity contribution in [2.24, 2.45) is 10.9 Å². The third kappa shape index (κ3) is 5.06. The molecule has 18 heavy (non-hydrogen) atoms. The maximum atomic E-state index is 5.06. The standard InChI is InChI=1S/C13H27N3OS/c1-5-14-13(15-6-8-17-4)16-7-9-18-12(10-16)11(2)3/h11-12H,5-10H2,1-4H3,(H,14,15). The lowest BCUT2D eigenvalue weighted by Gasteiger charge is -2.36. The molecule has 106 valence electrons. The van der Waals surface area contributed by atoms with E-state index >= 15 is 0 Å². The lowest BCUT2D eigenvalue weighted by molar-refractivity contribution is 0.207. The van der Waals surface area contributed by atoms with Gasteiger partial charge in [0.1, 0.15) is 0 Å². The smallest absolute Gasteiger partial charge is 0.194 e. The molecule has 0 amide bonds. The average molecular weight is 273 g/mol. The van der Waals surface area contributed by atoms with E-state index in [0.29, 0.717) is 11.9 Å². The highest BCUT2D eigenvalue weighted by Gasteiger charge is 2.24. The summed E-state index contributed by atoms with van der Waals surface area (Å²) in [5.74, 6) is 2.96. The molecule has 1 heterocycles. The molecule has 1 rings (SSSR count). The summed E-state index contributed by atoms with van der Waals surface area (Å²) in [6.45, 7) is 11.2. The Morgan fingerprint density at radius 1 is 1.56 bits per heavy atom. The van der Waals surface area contributed by atoms with Crippen LogP contribution >= 0.6 is 11.8 Å². The number of ether oxygens (including phenoxy) is 1. The molecular weight excluding hydrogens is 246 g/mol. The molecule has 0 spiro atoms. The van der Waals surface area contributed by atoms with Crippen LogP contribution in [-0.4, -0.2) is 61.8 Å². The highest BCUT2D eigenvalue weighted by atomic mass is 32.2. The van der Waals surface area contributed by atoms with Crippen LogP contribution in [0, 0.1) is 5.92 Å². The number of methoxy groups -OCH3 is 1. The molecule has 0 saturated carbocycles. The van der Waals surface area contributed by atoms with E-state index in [1.165, 1.54) is 5.75 Å². The van der Waals surface area contributed by atoms with E-state index in [4.69, 9.17) is 4.74 Å². The summed E-state index contributed by atoms with van der Waals surface area (Å²) < 4.78 is 5.06. The molecule has 1 atom stereocenters. The molecular formula is C13H27N3OS. The van der Waals surface area contributed by atoms with Crippen molar-refractivity contribution in [1.29, 1.82) is 0 Å². The fraction of sp³-hybridized carbons (Fsp3) is 0.923. The predicted molar refractivity (Wildman–Crippen MR) is 80.5 cm³/mol. The normalized spacial score (nSPS) is 21.5. The Bertz CT molecular complexity index is 259. The molecule has 1 fully saturated rings. The van der Waals surface area contributed by atoms with Crippen molar-refractivity contribution < 1.29 is 4.74 Å². The minimum absolute atomic E-state index is 0.686. The molecule has 1 aliphatic heterocycles. The van der Waals surface area contributed by atoms with Gasteiger partial charge in [-0.1, -0.05) is 13.8 Å². The minimum Gasteiger partial charge on any atom is -0.383 e. The summed E-state index contributed by atoms with van der Waals surface area (Å²) in [6, 6.07) is 0. The van der Waals surface area contributed by atoms with Crippen LogP contribution in [0.3, 0.4) is 0 Å². The highest BCUT2D eigenvalue weighted by molar-refractivity contribution is 8.00. The Morgan fingerprint density at radius 3 is 2.94 bits per heavy atom. The molecule has 1 aliphatic rings. The monoisotopic (exact) mass is 273 g/mol. The van der Waals surface area contributed by atoms with Gasteiger partial charge >= 0.3 is 0 Å². The van der Waals surface area contributed by atoms with Crippen LogP contribution in [-0.2, 0) is 4.74 Å². The lowest BCUT2D eigenvalue weighted by atomic mass is 10.1. The number of nitrogens with zero attached hydrogens (tertiary/aromatic N) is 2. The Balaban J connectivity index is 2.57. The van der Waals surface area contributed by atoms with Crippen molar-refractivity contribution in [2.75, 3.05) is 45.6 Å². The third-order valence-corrected chi connectivity index (χ3v) is 4.57. The zero-order valence-corrected chi connectivity index (χ0v) is 12.9. The van der Waals surface area contributed by atoms with Gasteiger partial charge in [-0.05, 0) is 12.8 Å². The molecule has 5 heteroatoms. The van der Waals surface area contributed by atoms with Gasteiger partial charge < -0.3 is 15.0 Å². The lowest BCUT2D eigenvalue weighted by Crippen LogP contribution is -2.49. The van der Waals surface area contributed by atoms with E-state index in [2.05, 4.69) is 47.7 Å². The Morgan fingerprint density at radius 2 is 2.33 bits per heavy atom. The number of hydrogen-bond donors (Lipinski definition) is 1. The fourth-order valence-electron chi connectivity index (χ4n) is 1.94. The molecule has 1 saturated heterocycles. The van der Waals surface area contributed by atoms with E-state index in [1.54, 1.807) is 7.11 Å². The van der Waals surface area contributed by atoms with Gasteiger partial charge in [0, 0.05) is 37.7 Å². The maximum absolute atomic E-state index is 5.06. The van der Waals surface area contributed by atoms with Crippen LogP contribution in [0.25, 0.3) is 0 Å². The summed E-state index contributed by atoms with van der Waals surface area (Å²) in [6.07, 6.45) is 0. The van der Waals surface area contributed by atoms with Gasteiger partial charge in [0.15, 0.2) is 5.96 Å². The molecule has 0 bridgehead atoms. The molecule has 4 nitrogen and oxygen atoms in total. The van der Waals surface area contributed by atoms with E-state index in [-0.39, 0.29) is 0 Å². The van der Waals surface area contributed by atoms with Crippen LogP contribution in [0.15, 0.2) is 4.99 Å². The minimum atomic E-state index is 0.686. The number of rotatable bonds is 5.